The molecular formula is C12H19N3O. The molecule has 1 aromatic carbocycles. The Balaban J connectivity index is 2.85. The molecule has 0 radical (unpaired) electrons. The molecule has 88 valence electrons. The molecule has 0 aliphatic rings. The normalized spacial score (nSPS) is 12.0. The predicted molar refractivity (Wildman–Crippen MR) is 67.4 cm³/mol. The summed E-state index contributed by atoms with van der Waals surface area (Å²) in [5, 5.41) is 0. The van der Waals surface area contributed by atoms with Crippen LogP contribution in [0.25, 0.3) is 0 Å². The van der Waals surface area contributed by atoms with Crippen molar-refractivity contribution < 1.29 is 4.79 Å². The minimum Gasteiger partial charge on any atom is -0.399 e. The maximum absolute atomic E-state index is 11.8. The fourth-order valence-electron chi connectivity index (χ4n) is 1.51. The third kappa shape index (κ3) is 2.66. The first-order valence-corrected chi connectivity index (χ1v) is 5.23. The molecule has 0 fully saturated rings. The van der Waals surface area contributed by atoms with Crippen molar-refractivity contribution in [3.05, 3.63) is 24.3 Å². The van der Waals surface area contributed by atoms with Crippen LogP contribution in [0.5, 0.6) is 0 Å². The second-order valence-corrected chi connectivity index (χ2v) is 4.11. The molecule has 4 nitrogen and oxygen atoms in total. The van der Waals surface area contributed by atoms with Gasteiger partial charge in [-0.3, -0.25) is 4.79 Å². The Labute approximate surface area is 96.6 Å². The Bertz CT molecular complexity index is 376. The molecule has 0 aliphatic heterocycles. The van der Waals surface area contributed by atoms with E-state index in [0.29, 0.717) is 5.69 Å². The van der Waals surface area contributed by atoms with Crippen molar-refractivity contribution in [2.75, 3.05) is 31.8 Å². The van der Waals surface area contributed by atoms with E-state index in [-0.39, 0.29) is 11.9 Å². The van der Waals surface area contributed by atoms with Crippen LogP contribution in [-0.2, 0) is 4.79 Å². The van der Waals surface area contributed by atoms with Crippen LogP contribution < -0.4 is 10.6 Å². The lowest BCUT2D eigenvalue weighted by Crippen LogP contribution is -2.42. The summed E-state index contributed by atoms with van der Waals surface area (Å²) in [7, 11) is 5.40. The maximum atomic E-state index is 11.8. The Morgan fingerprint density at radius 2 is 1.94 bits per heavy atom. The van der Waals surface area contributed by atoms with E-state index in [0.717, 1.165) is 5.69 Å². The fourth-order valence-corrected chi connectivity index (χ4v) is 1.51. The molecular weight excluding hydrogens is 202 g/mol. The van der Waals surface area contributed by atoms with Crippen LogP contribution >= 0.6 is 0 Å². The summed E-state index contributed by atoms with van der Waals surface area (Å²) in [6.07, 6.45) is 0. The monoisotopic (exact) mass is 221 g/mol. The highest BCUT2D eigenvalue weighted by molar-refractivity contribution is 5.84. The number of carbonyl (C=O) groups excluding carboxylic acids is 1. The highest BCUT2D eigenvalue weighted by Gasteiger charge is 2.19. The summed E-state index contributed by atoms with van der Waals surface area (Å²) in [5.41, 5.74) is 7.36. The van der Waals surface area contributed by atoms with E-state index < -0.39 is 0 Å². The Morgan fingerprint density at radius 3 is 2.44 bits per heavy atom. The van der Waals surface area contributed by atoms with Gasteiger partial charge in [0.1, 0.15) is 6.04 Å². The van der Waals surface area contributed by atoms with E-state index in [4.69, 9.17) is 5.73 Å². The molecule has 1 rings (SSSR count). The number of rotatable bonds is 3. The lowest BCUT2D eigenvalue weighted by atomic mass is 10.2. The predicted octanol–water partition coefficient (Wildman–Crippen LogP) is 1.18. The van der Waals surface area contributed by atoms with Crippen LogP contribution in [0.2, 0.25) is 0 Å². The van der Waals surface area contributed by atoms with Crippen LogP contribution in [0.1, 0.15) is 6.92 Å². The van der Waals surface area contributed by atoms with Gasteiger partial charge >= 0.3 is 0 Å². The van der Waals surface area contributed by atoms with E-state index in [1.165, 1.54) is 0 Å². The van der Waals surface area contributed by atoms with Crippen LogP contribution in [0.4, 0.5) is 11.4 Å². The minimum absolute atomic E-state index is 0.0740. The molecule has 0 aliphatic carbocycles. The number of nitrogens with zero attached hydrogens (tertiary/aromatic N) is 2. The minimum atomic E-state index is -0.197. The van der Waals surface area contributed by atoms with Crippen LogP contribution in [-0.4, -0.2) is 38.0 Å². The van der Waals surface area contributed by atoms with Crippen molar-refractivity contribution in [2.45, 2.75) is 13.0 Å². The average Bonchev–Trinajstić information content (AvgIpc) is 2.26. The number of likely N-dealkylation sites (N-methyl/N-ethyl adjacent to an activating group) is 2. The number of carbonyl (C=O) groups is 1. The molecule has 1 amide bonds. The van der Waals surface area contributed by atoms with E-state index in [9.17, 15) is 4.79 Å². The van der Waals surface area contributed by atoms with Gasteiger partial charge in [0.25, 0.3) is 0 Å². The van der Waals surface area contributed by atoms with Crippen molar-refractivity contribution in [3.8, 4) is 0 Å². The number of hydrogen-bond donors (Lipinski definition) is 1. The Hall–Kier alpha value is -1.71. The van der Waals surface area contributed by atoms with Crippen LogP contribution in [0.3, 0.4) is 0 Å². The molecule has 0 saturated carbocycles. The smallest absolute Gasteiger partial charge is 0.244 e. The molecule has 1 aromatic rings. The number of nitrogen functional groups attached to an aromatic ring is 1. The van der Waals surface area contributed by atoms with Crippen molar-refractivity contribution in [3.63, 3.8) is 0 Å². The van der Waals surface area contributed by atoms with E-state index in [1.54, 1.807) is 19.0 Å². The van der Waals surface area contributed by atoms with Gasteiger partial charge in [0, 0.05) is 32.5 Å². The fraction of sp³-hybridized carbons (Fsp3) is 0.417. The van der Waals surface area contributed by atoms with Gasteiger partial charge in [0.2, 0.25) is 5.91 Å². The molecule has 0 spiro atoms. The molecule has 4 heteroatoms. The van der Waals surface area contributed by atoms with Crippen molar-refractivity contribution >= 4 is 17.3 Å². The number of amides is 1. The van der Waals surface area contributed by atoms with Crippen molar-refractivity contribution in [1.29, 1.82) is 0 Å². The Morgan fingerprint density at radius 1 is 1.31 bits per heavy atom. The summed E-state index contributed by atoms with van der Waals surface area (Å²) in [6, 6.07) is 7.32. The molecule has 0 bridgehead atoms. The third-order valence-corrected chi connectivity index (χ3v) is 2.66. The summed E-state index contributed by atoms with van der Waals surface area (Å²) >= 11 is 0. The number of hydrogen-bond acceptors (Lipinski definition) is 3. The standard InChI is InChI=1S/C12H19N3O/c1-9(12(16)14(2)3)15(4)11-7-5-6-10(13)8-11/h5-9H,13H2,1-4H3. The van der Waals surface area contributed by atoms with Gasteiger partial charge in [-0.1, -0.05) is 6.07 Å². The average molecular weight is 221 g/mol. The van der Waals surface area contributed by atoms with Crippen molar-refractivity contribution in [2.24, 2.45) is 0 Å². The molecule has 16 heavy (non-hydrogen) atoms. The first-order chi connectivity index (χ1) is 7.43. The largest absolute Gasteiger partial charge is 0.399 e. The molecule has 1 atom stereocenters. The first-order valence-electron chi connectivity index (χ1n) is 5.23. The zero-order chi connectivity index (χ0) is 12.3. The highest BCUT2D eigenvalue weighted by atomic mass is 16.2. The highest BCUT2D eigenvalue weighted by Crippen LogP contribution is 2.18. The van der Waals surface area contributed by atoms with Gasteiger partial charge in [-0.25, -0.2) is 0 Å². The SMILES string of the molecule is CC(C(=O)N(C)C)N(C)c1cccc(N)c1. The second kappa shape index (κ2) is 4.88. The molecule has 2 N–H and O–H groups in total. The molecule has 0 heterocycles. The van der Waals surface area contributed by atoms with Gasteiger partial charge in [-0.05, 0) is 25.1 Å². The quantitative estimate of drug-likeness (QED) is 0.780. The number of nitrogens with two attached hydrogens (primary N) is 1. The summed E-state index contributed by atoms with van der Waals surface area (Å²) in [4.78, 5) is 15.3. The van der Waals surface area contributed by atoms with Gasteiger partial charge < -0.3 is 15.5 Å². The van der Waals surface area contributed by atoms with E-state index >= 15 is 0 Å². The summed E-state index contributed by atoms with van der Waals surface area (Å²) < 4.78 is 0. The maximum Gasteiger partial charge on any atom is 0.244 e. The zero-order valence-electron chi connectivity index (χ0n) is 10.3. The summed E-state index contributed by atoms with van der Waals surface area (Å²) in [6.45, 7) is 1.88. The van der Waals surface area contributed by atoms with Crippen LogP contribution in [0.15, 0.2) is 24.3 Å². The van der Waals surface area contributed by atoms with E-state index in [2.05, 4.69) is 0 Å². The second-order valence-electron chi connectivity index (χ2n) is 4.11. The third-order valence-electron chi connectivity index (χ3n) is 2.66. The van der Waals surface area contributed by atoms with Gasteiger partial charge in [-0.15, -0.1) is 0 Å². The van der Waals surface area contributed by atoms with Gasteiger partial charge in [0.15, 0.2) is 0 Å². The first kappa shape index (κ1) is 12.4. The lowest BCUT2D eigenvalue weighted by molar-refractivity contribution is -0.129. The van der Waals surface area contributed by atoms with Gasteiger partial charge in [-0.2, -0.15) is 0 Å². The zero-order valence-corrected chi connectivity index (χ0v) is 10.3. The Kier molecular flexibility index (Phi) is 3.77. The molecule has 0 aromatic heterocycles. The number of benzene rings is 1. The van der Waals surface area contributed by atoms with Gasteiger partial charge in [0.05, 0.1) is 0 Å². The number of anilines is 2. The molecule has 0 saturated heterocycles. The summed E-state index contributed by atoms with van der Waals surface area (Å²) in [5.74, 6) is 0.0740. The lowest BCUT2D eigenvalue weighted by Gasteiger charge is -2.28. The van der Waals surface area contributed by atoms with E-state index in [1.807, 2.05) is 43.1 Å². The van der Waals surface area contributed by atoms with Crippen molar-refractivity contribution in [1.82, 2.24) is 4.90 Å². The van der Waals surface area contributed by atoms with Crippen LogP contribution in [0, 0.1) is 0 Å². The topological polar surface area (TPSA) is 49.6 Å². The molecule has 1 unspecified atom stereocenters.